The van der Waals surface area contributed by atoms with Gasteiger partial charge >= 0.3 is 6.09 Å². The smallest absolute Gasteiger partial charge is 0.410 e. The number of nitrogens with one attached hydrogen (secondary N) is 1. The van der Waals surface area contributed by atoms with E-state index in [1.54, 1.807) is 4.90 Å². The summed E-state index contributed by atoms with van der Waals surface area (Å²) in [7, 11) is 1.87. The molecule has 2 heterocycles. The molecule has 0 aromatic carbocycles. The molecule has 104 valence electrons. The second kappa shape index (κ2) is 5.08. The Morgan fingerprint density at radius 2 is 1.78 bits per heavy atom. The van der Waals surface area contributed by atoms with Crippen molar-refractivity contribution in [2.75, 3.05) is 7.05 Å². The predicted octanol–water partition coefficient (Wildman–Crippen LogP) is 2.53. The number of amides is 1. The topological polar surface area (TPSA) is 41.6 Å². The molecule has 2 bridgehead atoms. The van der Waals surface area contributed by atoms with Crippen LogP contribution in [0.3, 0.4) is 0 Å². The van der Waals surface area contributed by atoms with Crippen LogP contribution in [0.1, 0.15) is 52.9 Å². The van der Waals surface area contributed by atoms with Gasteiger partial charge in [-0.25, -0.2) is 4.79 Å². The highest BCUT2D eigenvalue weighted by molar-refractivity contribution is 5.68. The highest BCUT2D eigenvalue weighted by Gasteiger charge is 2.35. The lowest BCUT2D eigenvalue weighted by Crippen LogP contribution is -2.55. The van der Waals surface area contributed by atoms with E-state index in [0.29, 0.717) is 18.1 Å². The molecule has 4 heteroatoms. The average Bonchev–Trinajstić information content (AvgIpc) is 2.25. The largest absolute Gasteiger partial charge is 0.444 e. The molecule has 18 heavy (non-hydrogen) atoms. The summed E-state index contributed by atoms with van der Waals surface area (Å²) in [4.78, 5) is 13.9. The minimum atomic E-state index is -0.409. The summed E-state index contributed by atoms with van der Waals surface area (Å²) in [6.45, 7) is 5.74. The number of carbonyl (C=O) groups excluding carboxylic acids is 1. The predicted molar refractivity (Wildman–Crippen MR) is 71.6 cm³/mol. The maximum atomic E-state index is 12.1. The van der Waals surface area contributed by atoms with Crippen LogP contribution < -0.4 is 5.32 Å². The molecule has 0 radical (unpaired) electrons. The van der Waals surface area contributed by atoms with Crippen molar-refractivity contribution in [3.63, 3.8) is 0 Å². The normalized spacial score (nSPS) is 31.9. The Kier molecular flexibility index (Phi) is 3.85. The van der Waals surface area contributed by atoms with Gasteiger partial charge in [-0.15, -0.1) is 0 Å². The Balaban J connectivity index is 1.92. The van der Waals surface area contributed by atoms with Crippen LogP contribution in [0.2, 0.25) is 0 Å². The summed E-state index contributed by atoms with van der Waals surface area (Å²) in [5, 5.41) is 3.65. The van der Waals surface area contributed by atoms with Gasteiger partial charge in [-0.05, 0) is 46.5 Å². The minimum Gasteiger partial charge on any atom is -0.444 e. The van der Waals surface area contributed by atoms with Gasteiger partial charge in [-0.2, -0.15) is 0 Å². The van der Waals surface area contributed by atoms with Gasteiger partial charge in [0.25, 0.3) is 0 Å². The van der Waals surface area contributed by atoms with E-state index in [0.717, 1.165) is 12.8 Å². The zero-order valence-electron chi connectivity index (χ0n) is 12.0. The Hall–Kier alpha value is -0.770. The van der Waals surface area contributed by atoms with Crippen molar-refractivity contribution < 1.29 is 9.53 Å². The summed E-state index contributed by atoms with van der Waals surface area (Å²) in [6, 6.07) is 1.51. The third kappa shape index (κ3) is 3.37. The summed E-state index contributed by atoms with van der Waals surface area (Å²) in [6.07, 6.45) is 5.75. The van der Waals surface area contributed by atoms with Gasteiger partial charge in [0.15, 0.2) is 0 Å². The molecule has 0 unspecified atom stereocenters. The zero-order valence-corrected chi connectivity index (χ0v) is 12.0. The molecule has 0 saturated carbocycles. The fourth-order valence-electron chi connectivity index (χ4n) is 3.03. The van der Waals surface area contributed by atoms with Gasteiger partial charge in [0.05, 0.1) is 0 Å². The van der Waals surface area contributed by atoms with Gasteiger partial charge in [-0.1, -0.05) is 6.42 Å². The lowest BCUT2D eigenvalue weighted by atomic mass is 9.83. The van der Waals surface area contributed by atoms with Crippen molar-refractivity contribution in [3.05, 3.63) is 0 Å². The molecule has 1 amide bonds. The quantitative estimate of drug-likeness (QED) is 0.782. The number of ether oxygens (including phenoxy) is 1. The number of carbonyl (C=O) groups is 1. The molecule has 2 aliphatic rings. The Labute approximate surface area is 110 Å². The lowest BCUT2D eigenvalue weighted by Gasteiger charge is -2.43. The molecular formula is C14H26N2O2. The number of rotatable bonds is 1. The Morgan fingerprint density at radius 1 is 1.22 bits per heavy atom. The van der Waals surface area contributed by atoms with Crippen molar-refractivity contribution in [1.29, 1.82) is 0 Å². The second-order valence-corrected chi connectivity index (χ2v) is 6.71. The van der Waals surface area contributed by atoms with Crippen LogP contribution >= 0.6 is 0 Å². The first-order valence-electron chi connectivity index (χ1n) is 7.07. The van der Waals surface area contributed by atoms with E-state index >= 15 is 0 Å². The van der Waals surface area contributed by atoms with Gasteiger partial charge in [-0.3, -0.25) is 0 Å². The number of hydrogen-bond acceptors (Lipinski definition) is 3. The minimum absolute atomic E-state index is 0.188. The molecular weight excluding hydrogens is 228 g/mol. The number of nitrogens with zero attached hydrogens (tertiary/aromatic N) is 1. The van der Waals surface area contributed by atoms with Crippen LogP contribution in [0.4, 0.5) is 4.79 Å². The summed E-state index contributed by atoms with van der Waals surface area (Å²) >= 11 is 0. The van der Waals surface area contributed by atoms with Crippen molar-refractivity contribution >= 4 is 6.09 Å². The van der Waals surface area contributed by atoms with E-state index in [9.17, 15) is 4.79 Å². The monoisotopic (exact) mass is 254 g/mol. The average molecular weight is 254 g/mol. The van der Waals surface area contributed by atoms with Crippen LogP contribution in [-0.2, 0) is 4.74 Å². The van der Waals surface area contributed by atoms with Crippen molar-refractivity contribution in [2.45, 2.75) is 76.6 Å². The summed E-state index contributed by atoms with van der Waals surface area (Å²) < 4.78 is 5.44. The molecule has 2 saturated heterocycles. The zero-order chi connectivity index (χ0) is 13.3. The van der Waals surface area contributed by atoms with Gasteiger partial charge < -0.3 is 15.0 Å². The third-order valence-corrected chi connectivity index (χ3v) is 3.92. The molecule has 0 aromatic rings. The Bertz CT molecular complexity index is 299. The molecule has 2 rings (SSSR count). The van der Waals surface area contributed by atoms with Crippen LogP contribution in [-0.4, -0.2) is 41.8 Å². The van der Waals surface area contributed by atoms with E-state index in [1.807, 2.05) is 27.8 Å². The highest BCUT2D eigenvalue weighted by atomic mass is 16.6. The van der Waals surface area contributed by atoms with Gasteiger partial charge in [0, 0.05) is 25.2 Å². The highest BCUT2D eigenvalue weighted by Crippen LogP contribution is 2.28. The molecule has 4 nitrogen and oxygen atoms in total. The van der Waals surface area contributed by atoms with Gasteiger partial charge in [0.1, 0.15) is 5.60 Å². The third-order valence-electron chi connectivity index (χ3n) is 3.92. The number of fused-ring (bicyclic) bond motifs is 2. The van der Waals surface area contributed by atoms with E-state index in [4.69, 9.17) is 4.74 Å². The Morgan fingerprint density at radius 3 is 2.28 bits per heavy atom. The molecule has 0 spiro atoms. The second-order valence-electron chi connectivity index (χ2n) is 6.71. The fraction of sp³-hybridized carbons (Fsp3) is 0.929. The molecule has 0 aliphatic carbocycles. The fourth-order valence-corrected chi connectivity index (χ4v) is 3.03. The van der Waals surface area contributed by atoms with Crippen LogP contribution in [0.15, 0.2) is 0 Å². The SMILES string of the molecule is CN(C(=O)OC(C)(C)C)[C@@H]1C[C@H]2CCC[C@@H](C1)N2. The van der Waals surface area contributed by atoms with Crippen LogP contribution in [0.5, 0.6) is 0 Å². The van der Waals surface area contributed by atoms with E-state index in [1.165, 1.54) is 19.3 Å². The summed E-state index contributed by atoms with van der Waals surface area (Å²) in [5.41, 5.74) is -0.409. The van der Waals surface area contributed by atoms with Crippen LogP contribution in [0.25, 0.3) is 0 Å². The number of piperidine rings is 2. The van der Waals surface area contributed by atoms with Crippen molar-refractivity contribution in [2.24, 2.45) is 0 Å². The van der Waals surface area contributed by atoms with E-state index in [-0.39, 0.29) is 6.09 Å². The summed E-state index contributed by atoms with van der Waals surface area (Å²) in [5.74, 6) is 0. The standard InChI is InChI=1S/C14H26N2O2/c1-14(2,3)18-13(17)16(4)12-8-10-6-5-7-11(9-12)15-10/h10-12,15H,5-9H2,1-4H3/t10-,11+,12-. The first kappa shape index (κ1) is 13.7. The van der Waals surface area contributed by atoms with Crippen molar-refractivity contribution in [1.82, 2.24) is 10.2 Å². The first-order valence-corrected chi connectivity index (χ1v) is 7.07. The maximum Gasteiger partial charge on any atom is 0.410 e. The number of hydrogen-bond donors (Lipinski definition) is 1. The van der Waals surface area contributed by atoms with Gasteiger partial charge in [0.2, 0.25) is 0 Å². The van der Waals surface area contributed by atoms with E-state index < -0.39 is 5.60 Å². The molecule has 1 N–H and O–H groups in total. The van der Waals surface area contributed by atoms with Crippen molar-refractivity contribution in [3.8, 4) is 0 Å². The van der Waals surface area contributed by atoms with Crippen LogP contribution in [0, 0.1) is 0 Å². The maximum absolute atomic E-state index is 12.1. The molecule has 2 fully saturated rings. The molecule has 3 atom stereocenters. The van der Waals surface area contributed by atoms with E-state index in [2.05, 4.69) is 5.32 Å². The molecule has 0 aromatic heterocycles. The lowest BCUT2D eigenvalue weighted by molar-refractivity contribution is 0.0138. The first-order chi connectivity index (χ1) is 8.35. The molecule has 2 aliphatic heterocycles.